The second-order valence-corrected chi connectivity index (χ2v) is 8.92. The second kappa shape index (κ2) is 10.6. The van der Waals surface area contributed by atoms with Crippen LogP contribution in [0, 0.1) is 0 Å². The summed E-state index contributed by atoms with van der Waals surface area (Å²) < 4.78 is 26.8. The van der Waals surface area contributed by atoms with Crippen molar-refractivity contribution in [1.29, 1.82) is 0 Å². The molecule has 29 heavy (non-hydrogen) atoms. The zero-order chi connectivity index (χ0) is 21.4. The van der Waals surface area contributed by atoms with Gasteiger partial charge in [0.25, 0.3) is 5.91 Å². The molecule has 2 rings (SSSR count). The Balaban J connectivity index is 2.09. The molecule has 0 saturated heterocycles. The van der Waals surface area contributed by atoms with E-state index in [2.05, 4.69) is 5.32 Å². The number of benzene rings is 2. The Morgan fingerprint density at radius 3 is 2.03 bits per heavy atom. The van der Waals surface area contributed by atoms with Gasteiger partial charge in [-0.2, -0.15) is 0 Å². The predicted octanol–water partition coefficient (Wildman–Crippen LogP) is 3.84. The Bertz CT molecular complexity index is 877. The molecular weight excluding hydrogens is 417 g/mol. The van der Waals surface area contributed by atoms with Crippen LogP contribution in [0.3, 0.4) is 0 Å². The topological polar surface area (TPSA) is 90.9 Å². The summed E-state index contributed by atoms with van der Waals surface area (Å²) in [6, 6.07) is 12.6. The Morgan fingerprint density at radius 2 is 1.52 bits per heavy atom. The van der Waals surface area contributed by atoms with Gasteiger partial charge in [-0.25, -0.2) is 4.79 Å². The van der Waals surface area contributed by atoms with E-state index in [-0.39, 0.29) is 12.6 Å². The maximum Gasteiger partial charge on any atom is 0.334 e. The molecule has 0 bridgehead atoms. The van der Waals surface area contributed by atoms with Crippen LogP contribution in [-0.2, 0) is 35.7 Å². The minimum Gasteiger partial charge on any atom is -0.467 e. The number of hydrogen-bond donors (Lipinski definition) is 1. The normalized spacial score (nSPS) is 12.3. The van der Waals surface area contributed by atoms with Crippen molar-refractivity contribution in [2.24, 2.45) is 0 Å². The van der Waals surface area contributed by atoms with E-state index in [1.54, 1.807) is 48.5 Å². The van der Waals surface area contributed by atoms with Gasteiger partial charge in [0, 0.05) is 31.2 Å². The van der Waals surface area contributed by atoms with Crippen LogP contribution in [0.15, 0.2) is 48.5 Å². The van der Waals surface area contributed by atoms with Crippen LogP contribution in [0.25, 0.3) is 0 Å². The number of ether oxygens (including phenoxy) is 1. The van der Waals surface area contributed by atoms with Crippen LogP contribution in [0.1, 0.15) is 21.5 Å². The number of rotatable bonds is 9. The van der Waals surface area contributed by atoms with Gasteiger partial charge >= 0.3 is 13.6 Å². The average molecular weight is 440 g/mol. The molecule has 1 N–H and O–H groups in total. The molecule has 0 radical (unpaired) electrons. The first-order valence-corrected chi connectivity index (χ1v) is 10.8. The van der Waals surface area contributed by atoms with Gasteiger partial charge in [-0.3, -0.25) is 9.36 Å². The summed E-state index contributed by atoms with van der Waals surface area (Å²) >= 11 is 5.88. The fourth-order valence-electron chi connectivity index (χ4n) is 2.62. The fraction of sp³-hybridized carbons (Fsp3) is 0.300. The molecule has 2 aromatic rings. The molecule has 0 heterocycles. The number of amides is 1. The van der Waals surface area contributed by atoms with Gasteiger partial charge < -0.3 is 19.1 Å². The molecule has 0 aliphatic rings. The smallest absolute Gasteiger partial charge is 0.334 e. The van der Waals surface area contributed by atoms with E-state index in [1.165, 1.54) is 21.3 Å². The van der Waals surface area contributed by atoms with Gasteiger partial charge in [0.15, 0.2) is 0 Å². The summed E-state index contributed by atoms with van der Waals surface area (Å²) in [7, 11) is 0.709. The molecule has 0 saturated carbocycles. The lowest BCUT2D eigenvalue weighted by Gasteiger charge is -2.17. The number of nitrogens with one attached hydrogen (secondary N) is 1. The monoisotopic (exact) mass is 439 g/mol. The molecule has 156 valence electrons. The lowest BCUT2D eigenvalue weighted by molar-refractivity contribution is -0.142. The minimum absolute atomic E-state index is 0.0866. The number of esters is 1. The third-order valence-electron chi connectivity index (χ3n) is 4.29. The molecule has 1 atom stereocenters. The van der Waals surface area contributed by atoms with Crippen molar-refractivity contribution in [3.63, 3.8) is 0 Å². The first-order chi connectivity index (χ1) is 13.8. The number of hydrogen-bond acceptors (Lipinski definition) is 6. The van der Waals surface area contributed by atoms with Gasteiger partial charge in [-0.1, -0.05) is 35.9 Å². The zero-order valence-electron chi connectivity index (χ0n) is 16.4. The largest absolute Gasteiger partial charge is 0.467 e. The van der Waals surface area contributed by atoms with E-state index in [1.807, 2.05) is 0 Å². The van der Waals surface area contributed by atoms with Gasteiger partial charge in [-0.15, -0.1) is 0 Å². The fourth-order valence-corrected chi connectivity index (χ4v) is 3.81. The SMILES string of the molecule is COC(=O)[C@H](Cc1ccc(Cl)cc1)NC(=O)c1ccc(CP(=O)(OC)OC)cc1. The molecule has 0 aliphatic carbocycles. The van der Waals surface area contributed by atoms with Crippen LogP contribution >= 0.6 is 19.2 Å². The van der Waals surface area contributed by atoms with Gasteiger partial charge in [-0.05, 0) is 35.4 Å². The van der Waals surface area contributed by atoms with E-state index >= 15 is 0 Å². The summed E-state index contributed by atoms with van der Waals surface area (Å²) in [6.45, 7) is 0. The van der Waals surface area contributed by atoms with E-state index in [0.29, 0.717) is 16.1 Å². The summed E-state index contributed by atoms with van der Waals surface area (Å²) in [5.74, 6) is -0.978. The summed E-state index contributed by atoms with van der Waals surface area (Å²) in [5, 5.41) is 3.27. The molecule has 1 amide bonds. The first kappa shape index (κ1) is 23.1. The summed E-state index contributed by atoms with van der Waals surface area (Å²) in [4.78, 5) is 24.7. The molecule has 9 heteroatoms. The molecule has 0 fully saturated rings. The van der Waals surface area contributed by atoms with Crippen molar-refractivity contribution >= 4 is 31.1 Å². The highest BCUT2D eigenvalue weighted by Gasteiger charge is 2.24. The molecule has 2 aromatic carbocycles. The van der Waals surface area contributed by atoms with E-state index < -0.39 is 25.5 Å². The lowest BCUT2D eigenvalue weighted by Crippen LogP contribution is -2.43. The van der Waals surface area contributed by atoms with Crippen molar-refractivity contribution in [2.45, 2.75) is 18.6 Å². The van der Waals surface area contributed by atoms with Crippen molar-refractivity contribution < 1.29 is 27.9 Å². The maximum absolute atomic E-state index is 12.6. The highest BCUT2D eigenvalue weighted by atomic mass is 35.5. The van der Waals surface area contributed by atoms with Crippen LogP contribution in [0.2, 0.25) is 5.02 Å². The van der Waals surface area contributed by atoms with Crippen LogP contribution < -0.4 is 5.32 Å². The van der Waals surface area contributed by atoms with Gasteiger partial charge in [0.05, 0.1) is 13.3 Å². The maximum atomic E-state index is 12.6. The average Bonchev–Trinajstić information content (AvgIpc) is 2.74. The Labute approximate surface area is 174 Å². The van der Waals surface area contributed by atoms with Crippen molar-refractivity contribution in [2.75, 3.05) is 21.3 Å². The first-order valence-electron chi connectivity index (χ1n) is 8.73. The standard InChI is InChI=1S/C20H23ClNO6P/c1-26-20(24)18(12-14-6-10-17(21)11-7-14)22-19(23)16-8-4-15(5-9-16)13-29(25,27-2)28-3/h4-11,18H,12-13H2,1-3H3,(H,22,23)/t18-/m0/s1. The Morgan fingerprint density at radius 1 is 0.966 bits per heavy atom. The van der Waals surface area contributed by atoms with Crippen LogP contribution in [0.5, 0.6) is 0 Å². The summed E-state index contributed by atoms with van der Waals surface area (Å²) in [5.41, 5.74) is 1.87. The highest BCUT2D eigenvalue weighted by molar-refractivity contribution is 7.52. The van der Waals surface area contributed by atoms with E-state index in [0.717, 1.165) is 5.56 Å². The third-order valence-corrected chi connectivity index (χ3v) is 6.41. The number of carbonyl (C=O) groups excluding carboxylic acids is 2. The van der Waals surface area contributed by atoms with Crippen LogP contribution in [0.4, 0.5) is 0 Å². The van der Waals surface area contributed by atoms with E-state index in [9.17, 15) is 14.2 Å². The van der Waals surface area contributed by atoms with Crippen LogP contribution in [-0.4, -0.2) is 39.2 Å². The predicted molar refractivity (Wildman–Crippen MR) is 110 cm³/mol. The molecule has 0 unspecified atom stereocenters. The quantitative estimate of drug-likeness (QED) is 0.471. The lowest BCUT2D eigenvalue weighted by atomic mass is 10.1. The Kier molecular flexibility index (Phi) is 8.41. The Hall–Kier alpha value is -2.18. The van der Waals surface area contributed by atoms with Gasteiger partial charge in [0.2, 0.25) is 0 Å². The van der Waals surface area contributed by atoms with Crippen molar-refractivity contribution in [3.05, 3.63) is 70.2 Å². The number of methoxy groups -OCH3 is 1. The third kappa shape index (κ3) is 6.68. The van der Waals surface area contributed by atoms with E-state index in [4.69, 9.17) is 25.4 Å². The minimum atomic E-state index is -3.20. The highest BCUT2D eigenvalue weighted by Crippen LogP contribution is 2.49. The summed E-state index contributed by atoms with van der Waals surface area (Å²) in [6.07, 6.45) is 0.349. The molecule has 0 aliphatic heterocycles. The molecular formula is C20H23ClNO6P. The number of carbonyl (C=O) groups is 2. The molecule has 0 spiro atoms. The second-order valence-electron chi connectivity index (χ2n) is 6.21. The van der Waals surface area contributed by atoms with Crippen molar-refractivity contribution in [1.82, 2.24) is 5.32 Å². The van der Waals surface area contributed by atoms with Gasteiger partial charge in [0.1, 0.15) is 6.04 Å². The number of halogens is 1. The molecule has 0 aromatic heterocycles. The molecule has 7 nitrogen and oxygen atoms in total. The van der Waals surface area contributed by atoms with Crippen molar-refractivity contribution in [3.8, 4) is 0 Å². The zero-order valence-corrected chi connectivity index (χ0v) is 18.0.